The highest BCUT2D eigenvalue weighted by Gasteiger charge is 2.25. The van der Waals surface area contributed by atoms with Crippen molar-refractivity contribution in [2.45, 2.75) is 31.1 Å². The van der Waals surface area contributed by atoms with Gasteiger partial charge < -0.3 is 9.47 Å². The molecule has 0 unspecified atom stereocenters. The van der Waals surface area contributed by atoms with Gasteiger partial charge >= 0.3 is 0 Å². The second kappa shape index (κ2) is 5.36. The minimum Gasteiger partial charge on any atom is -0.350 e. The van der Waals surface area contributed by atoms with Gasteiger partial charge in [-0.05, 0) is 26.0 Å². The molecule has 1 heterocycles. The molecule has 1 aliphatic rings. The summed E-state index contributed by atoms with van der Waals surface area (Å²) in [5.41, 5.74) is 0.996. The summed E-state index contributed by atoms with van der Waals surface area (Å²) >= 11 is 0. The molecule has 0 aromatic heterocycles. The Hall–Kier alpha value is -0.950. The van der Waals surface area contributed by atoms with Crippen LogP contribution in [0.25, 0.3) is 0 Å². The first kappa shape index (κ1) is 13.5. The van der Waals surface area contributed by atoms with Crippen molar-refractivity contribution in [1.82, 2.24) is 0 Å². The van der Waals surface area contributed by atoms with Gasteiger partial charge in [-0.1, -0.05) is 17.7 Å². The molecule has 2 rings (SSSR count). The molecule has 5 nitrogen and oxygen atoms in total. The number of hydrogen-bond acceptors (Lipinski definition) is 5. The average Bonchev–Trinajstić information content (AvgIpc) is 2.73. The Balaban J connectivity index is 1.97. The Morgan fingerprint density at radius 3 is 2.56 bits per heavy atom. The fourth-order valence-electron chi connectivity index (χ4n) is 1.62. The first-order valence-corrected chi connectivity index (χ1v) is 7.11. The van der Waals surface area contributed by atoms with E-state index in [9.17, 15) is 8.42 Å². The molecule has 6 heteroatoms. The third-order valence-corrected chi connectivity index (χ3v) is 3.92. The third-order valence-electron chi connectivity index (χ3n) is 2.62. The summed E-state index contributed by atoms with van der Waals surface area (Å²) in [5, 5.41) is 0. The van der Waals surface area contributed by atoms with E-state index >= 15 is 0 Å². The van der Waals surface area contributed by atoms with E-state index in [-0.39, 0.29) is 23.9 Å². The van der Waals surface area contributed by atoms with Gasteiger partial charge in [0, 0.05) is 0 Å². The van der Waals surface area contributed by atoms with Crippen LogP contribution in [0.4, 0.5) is 0 Å². The van der Waals surface area contributed by atoms with Gasteiger partial charge in [-0.15, -0.1) is 0 Å². The lowest BCUT2D eigenvalue weighted by Crippen LogP contribution is -2.21. The van der Waals surface area contributed by atoms with E-state index in [0.29, 0.717) is 6.61 Å². The van der Waals surface area contributed by atoms with Crippen molar-refractivity contribution in [2.24, 2.45) is 0 Å². The van der Waals surface area contributed by atoms with Gasteiger partial charge in [0.05, 0.1) is 18.1 Å². The lowest BCUT2D eigenvalue weighted by Gasteiger charge is -2.10. The Bertz CT molecular complexity index is 494. The monoisotopic (exact) mass is 272 g/mol. The molecule has 0 saturated carbocycles. The summed E-state index contributed by atoms with van der Waals surface area (Å²) in [7, 11) is -3.72. The molecule has 1 saturated heterocycles. The predicted molar refractivity (Wildman–Crippen MR) is 64.6 cm³/mol. The summed E-state index contributed by atoms with van der Waals surface area (Å²) in [6, 6.07) is 6.51. The minimum absolute atomic E-state index is 0.0272. The number of rotatable bonds is 4. The first-order valence-electron chi connectivity index (χ1n) is 5.70. The molecule has 0 spiro atoms. The maximum atomic E-state index is 11.9. The van der Waals surface area contributed by atoms with E-state index in [4.69, 9.17) is 13.7 Å². The van der Waals surface area contributed by atoms with Crippen molar-refractivity contribution in [1.29, 1.82) is 0 Å². The molecule has 2 atom stereocenters. The molecular weight excluding hydrogens is 256 g/mol. The van der Waals surface area contributed by atoms with Gasteiger partial charge in [0.2, 0.25) is 0 Å². The van der Waals surface area contributed by atoms with Crippen LogP contribution in [0.1, 0.15) is 12.5 Å². The summed E-state index contributed by atoms with van der Waals surface area (Å²) in [6.07, 6.45) is -0.638. The maximum absolute atomic E-state index is 11.9. The Morgan fingerprint density at radius 1 is 1.33 bits per heavy atom. The lowest BCUT2D eigenvalue weighted by atomic mass is 10.2. The largest absolute Gasteiger partial charge is 0.350 e. The highest BCUT2D eigenvalue weighted by molar-refractivity contribution is 7.86. The number of ether oxygens (including phenoxy) is 2. The van der Waals surface area contributed by atoms with Crippen LogP contribution in [0, 0.1) is 6.92 Å². The van der Waals surface area contributed by atoms with Crippen LogP contribution in [-0.2, 0) is 23.8 Å². The van der Waals surface area contributed by atoms with Gasteiger partial charge in [0.15, 0.2) is 6.29 Å². The molecule has 0 aliphatic carbocycles. The molecule has 1 aliphatic heterocycles. The van der Waals surface area contributed by atoms with Crippen LogP contribution < -0.4 is 0 Å². The second-order valence-corrected chi connectivity index (χ2v) is 5.83. The van der Waals surface area contributed by atoms with Gasteiger partial charge in [-0.3, -0.25) is 4.18 Å². The lowest BCUT2D eigenvalue weighted by molar-refractivity contribution is -0.0483. The molecule has 18 heavy (non-hydrogen) atoms. The normalized spacial score (nSPS) is 24.3. The van der Waals surface area contributed by atoms with Crippen molar-refractivity contribution in [3.63, 3.8) is 0 Å². The molecule has 0 amide bonds. The molecular formula is C12H16O5S. The van der Waals surface area contributed by atoms with Crippen molar-refractivity contribution in [3.05, 3.63) is 29.8 Å². The number of benzene rings is 1. The Labute approximate surface area is 107 Å². The Morgan fingerprint density at radius 2 is 2.00 bits per heavy atom. The molecule has 100 valence electrons. The van der Waals surface area contributed by atoms with Crippen molar-refractivity contribution in [2.75, 3.05) is 13.2 Å². The third kappa shape index (κ3) is 3.29. The molecule has 1 aromatic carbocycles. The number of aryl methyl sites for hydroxylation is 1. The van der Waals surface area contributed by atoms with Gasteiger partial charge in [-0.25, -0.2) is 0 Å². The average molecular weight is 272 g/mol. The summed E-state index contributed by atoms with van der Waals surface area (Å²) in [5.74, 6) is 0. The van der Waals surface area contributed by atoms with Crippen molar-refractivity contribution < 1.29 is 22.1 Å². The van der Waals surface area contributed by atoms with Gasteiger partial charge in [-0.2, -0.15) is 8.42 Å². The summed E-state index contributed by atoms with van der Waals surface area (Å²) in [6.45, 7) is 3.97. The molecule has 0 N–H and O–H groups in total. The second-order valence-electron chi connectivity index (χ2n) is 4.21. The zero-order valence-corrected chi connectivity index (χ0v) is 11.1. The summed E-state index contributed by atoms with van der Waals surface area (Å²) < 4.78 is 39.1. The zero-order chi connectivity index (χ0) is 13.2. The quantitative estimate of drug-likeness (QED) is 0.777. The van der Waals surface area contributed by atoms with Gasteiger partial charge in [0.1, 0.15) is 6.10 Å². The molecule has 0 bridgehead atoms. The molecule has 1 aromatic rings. The maximum Gasteiger partial charge on any atom is 0.297 e. The summed E-state index contributed by atoms with van der Waals surface area (Å²) in [4.78, 5) is 0.153. The van der Waals surface area contributed by atoms with Crippen molar-refractivity contribution >= 4 is 10.1 Å². The molecule has 0 radical (unpaired) electrons. The highest BCUT2D eigenvalue weighted by Crippen LogP contribution is 2.16. The van der Waals surface area contributed by atoms with Crippen LogP contribution in [0.5, 0.6) is 0 Å². The van der Waals surface area contributed by atoms with E-state index in [2.05, 4.69) is 0 Å². The predicted octanol–water partition coefficient (Wildman–Crippen LogP) is 1.46. The van der Waals surface area contributed by atoms with Crippen LogP contribution in [-0.4, -0.2) is 34.0 Å². The van der Waals surface area contributed by atoms with E-state index in [1.54, 1.807) is 19.1 Å². The van der Waals surface area contributed by atoms with Crippen LogP contribution in [0.3, 0.4) is 0 Å². The van der Waals surface area contributed by atoms with E-state index < -0.39 is 10.1 Å². The minimum atomic E-state index is -3.72. The van der Waals surface area contributed by atoms with E-state index in [1.165, 1.54) is 12.1 Å². The van der Waals surface area contributed by atoms with Crippen LogP contribution in [0.2, 0.25) is 0 Å². The topological polar surface area (TPSA) is 61.8 Å². The fourth-order valence-corrected chi connectivity index (χ4v) is 2.55. The SMILES string of the molecule is Cc1ccc(S(=O)(=O)OC[C@@H]2CO[C@H](C)O2)cc1. The van der Waals surface area contributed by atoms with E-state index in [0.717, 1.165) is 5.56 Å². The fraction of sp³-hybridized carbons (Fsp3) is 0.500. The van der Waals surface area contributed by atoms with Crippen molar-refractivity contribution in [3.8, 4) is 0 Å². The Kier molecular flexibility index (Phi) is 4.01. The molecule has 1 fully saturated rings. The first-order chi connectivity index (χ1) is 8.47. The van der Waals surface area contributed by atoms with Crippen LogP contribution >= 0.6 is 0 Å². The standard InChI is InChI=1S/C12H16O5S/c1-9-3-5-12(6-4-9)18(13,14)16-8-11-7-15-10(2)17-11/h3-6,10-11H,7-8H2,1-2H3/t10-,11-/m0/s1. The highest BCUT2D eigenvalue weighted by atomic mass is 32.2. The zero-order valence-electron chi connectivity index (χ0n) is 10.3. The number of hydrogen-bond donors (Lipinski definition) is 0. The van der Waals surface area contributed by atoms with Gasteiger partial charge in [0.25, 0.3) is 10.1 Å². The van der Waals surface area contributed by atoms with Crippen LogP contribution in [0.15, 0.2) is 29.2 Å². The van der Waals surface area contributed by atoms with E-state index in [1.807, 2.05) is 6.92 Å². The smallest absolute Gasteiger partial charge is 0.297 e.